The Hall–Kier alpha value is -2.38. The molecule has 2 rings (SSSR count). The smallest absolute Gasteiger partial charge is 0.262 e. The van der Waals surface area contributed by atoms with E-state index >= 15 is 0 Å². The number of amides is 1. The normalized spacial score (nSPS) is 12.4. The second kappa shape index (κ2) is 9.01. The summed E-state index contributed by atoms with van der Waals surface area (Å²) in [6.07, 6.45) is 0.702. The Bertz CT molecular complexity index is 872. The van der Waals surface area contributed by atoms with E-state index in [1.54, 1.807) is 12.1 Å². The van der Waals surface area contributed by atoms with Crippen molar-refractivity contribution >= 4 is 21.6 Å². The Kier molecular flexibility index (Phi) is 6.98. The molecule has 0 heterocycles. The SMILES string of the molecule is CCC(C)NS(=O)(=O)c1ccc(NC(=O)COc2c(C)cccc2C)cc1. The molecule has 0 aliphatic heterocycles. The number of carbonyl (C=O) groups is 1. The predicted octanol–water partition coefficient (Wildman–Crippen LogP) is 3.40. The minimum absolute atomic E-state index is 0.124. The van der Waals surface area contributed by atoms with Gasteiger partial charge >= 0.3 is 0 Å². The summed E-state index contributed by atoms with van der Waals surface area (Å²) in [7, 11) is -3.56. The fourth-order valence-corrected chi connectivity index (χ4v) is 3.82. The van der Waals surface area contributed by atoms with Gasteiger partial charge in [-0.3, -0.25) is 4.79 Å². The lowest BCUT2D eigenvalue weighted by molar-refractivity contribution is -0.118. The number of para-hydroxylation sites is 1. The number of ether oxygens (including phenoxy) is 1. The Morgan fingerprint density at radius 2 is 1.67 bits per heavy atom. The van der Waals surface area contributed by atoms with E-state index in [9.17, 15) is 13.2 Å². The maximum Gasteiger partial charge on any atom is 0.262 e. The van der Waals surface area contributed by atoms with Gasteiger partial charge in [-0.15, -0.1) is 0 Å². The van der Waals surface area contributed by atoms with Gasteiger partial charge in [0, 0.05) is 11.7 Å². The van der Waals surface area contributed by atoms with E-state index in [0.717, 1.165) is 11.1 Å². The van der Waals surface area contributed by atoms with Gasteiger partial charge in [-0.2, -0.15) is 0 Å². The van der Waals surface area contributed by atoms with Gasteiger partial charge in [0.2, 0.25) is 10.0 Å². The van der Waals surface area contributed by atoms with Crippen LogP contribution in [-0.4, -0.2) is 27.0 Å². The second-order valence-electron chi connectivity index (χ2n) is 6.51. The summed E-state index contributed by atoms with van der Waals surface area (Å²) in [5, 5.41) is 2.70. The van der Waals surface area contributed by atoms with Crippen LogP contribution >= 0.6 is 0 Å². The van der Waals surface area contributed by atoms with Crippen molar-refractivity contribution in [2.75, 3.05) is 11.9 Å². The van der Waals surface area contributed by atoms with E-state index in [2.05, 4.69) is 10.0 Å². The van der Waals surface area contributed by atoms with Crippen LogP contribution in [0.2, 0.25) is 0 Å². The lowest BCUT2D eigenvalue weighted by Crippen LogP contribution is -2.32. The first-order valence-corrected chi connectivity index (χ1v) is 10.3. The Labute approximate surface area is 161 Å². The zero-order chi connectivity index (χ0) is 20.0. The molecule has 1 amide bonds. The molecular weight excluding hydrogens is 364 g/mol. The van der Waals surface area contributed by atoms with Crippen molar-refractivity contribution in [3.05, 3.63) is 53.6 Å². The Balaban J connectivity index is 1.97. The average molecular weight is 391 g/mol. The number of sulfonamides is 1. The van der Waals surface area contributed by atoms with Crippen LogP contribution in [0.5, 0.6) is 5.75 Å². The zero-order valence-corrected chi connectivity index (χ0v) is 16.9. The zero-order valence-electron chi connectivity index (χ0n) is 16.1. The average Bonchev–Trinajstić information content (AvgIpc) is 2.61. The van der Waals surface area contributed by atoms with Gasteiger partial charge in [0.1, 0.15) is 5.75 Å². The van der Waals surface area contributed by atoms with Crippen molar-refractivity contribution in [3.8, 4) is 5.75 Å². The van der Waals surface area contributed by atoms with Crippen LogP contribution in [-0.2, 0) is 14.8 Å². The molecule has 0 spiro atoms. The van der Waals surface area contributed by atoms with Gasteiger partial charge in [-0.05, 0) is 62.6 Å². The third-order valence-corrected chi connectivity index (χ3v) is 5.78. The maximum absolute atomic E-state index is 12.2. The molecule has 0 saturated carbocycles. The van der Waals surface area contributed by atoms with E-state index < -0.39 is 10.0 Å². The highest BCUT2D eigenvalue weighted by molar-refractivity contribution is 7.89. The molecule has 2 N–H and O–H groups in total. The van der Waals surface area contributed by atoms with E-state index in [1.807, 2.05) is 45.9 Å². The lowest BCUT2D eigenvalue weighted by atomic mass is 10.1. The predicted molar refractivity (Wildman–Crippen MR) is 107 cm³/mol. The Morgan fingerprint density at radius 3 is 2.22 bits per heavy atom. The largest absolute Gasteiger partial charge is 0.483 e. The molecule has 27 heavy (non-hydrogen) atoms. The molecule has 1 atom stereocenters. The molecule has 0 aromatic heterocycles. The van der Waals surface area contributed by atoms with E-state index in [0.29, 0.717) is 17.9 Å². The lowest BCUT2D eigenvalue weighted by Gasteiger charge is -2.13. The molecule has 0 fully saturated rings. The second-order valence-corrected chi connectivity index (χ2v) is 8.23. The van der Waals surface area contributed by atoms with Crippen LogP contribution in [0.3, 0.4) is 0 Å². The number of nitrogens with one attached hydrogen (secondary N) is 2. The maximum atomic E-state index is 12.2. The van der Waals surface area contributed by atoms with Crippen molar-refractivity contribution < 1.29 is 17.9 Å². The summed E-state index contributed by atoms with van der Waals surface area (Å²) in [6.45, 7) is 7.44. The summed E-state index contributed by atoms with van der Waals surface area (Å²) in [5.74, 6) is 0.385. The minimum Gasteiger partial charge on any atom is -0.483 e. The first kappa shape index (κ1) is 20.9. The molecule has 2 aromatic carbocycles. The van der Waals surface area contributed by atoms with E-state index in [-0.39, 0.29) is 23.5 Å². The summed E-state index contributed by atoms with van der Waals surface area (Å²) in [6, 6.07) is 11.7. The molecule has 0 aliphatic carbocycles. The van der Waals surface area contributed by atoms with Gasteiger partial charge in [0.05, 0.1) is 4.90 Å². The van der Waals surface area contributed by atoms with E-state index in [1.165, 1.54) is 12.1 Å². The third-order valence-electron chi connectivity index (χ3n) is 4.17. The van der Waals surface area contributed by atoms with Crippen LogP contribution in [0, 0.1) is 13.8 Å². The first-order valence-electron chi connectivity index (χ1n) is 8.84. The highest BCUT2D eigenvalue weighted by atomic mass is 32.2. The molecule has 0 saturated heterocycles. The molecule has 2 aromatic rings. The van der Waals surface area contributed by atoms with Crippen LogP contribution in [0.4, 0.5) is 5.69 Å². The number of anilines is 1. The standard InChI is InChI=1S/C20H26N2O4S/c1-5-16(4)22-27(24,25)18-11-9-17(10-12-18)21-19(23)13-26-20-14(2)7-6-8-15(20)3/h6-12,16,22H,5,13H2,1-4H3,(H,21,23). The topological polar surface area (TPSA) is 84.5 Å². The number of aryl methyl sites for hydroxylation is 2. The summed E-state index contributed by atoms with van der Waals surface area (Å²) in [4.78, 5) is 12.3. The van der Waals surface area contributed by atoms with Gasteiger partial charge < -0.3 is 10.1 Å². The Morgan fingerprint density at radius 1 is 1.07 bits per heavy atom. The molecule has 7 heteroatoms. The minimum atomic E-state index is -3.56. The van der Waals surface area contributed by atoms with Crippen molar-refractivity contribution in [2.45, 2.75) is 45.1 Å². The summed E-state index contributed by atoms with van der Waals surface area (Å²) >= 11 is 0. The van der Waals surface area contributed by atoms with Crippen molar-refractivity contribution in [1.29, 1.82) is 0 Å². The number of hydrogen-bond donors (Lipinski definition) is 2. The van der Waals surface area contributed by atoms with Crippen molar-refractivity contribution in [1.82, 2.24) is 4.72 Å². The highest BCUT2D eigenvalue weighted by Crippen LogP contribution is 2.22. The van der Waals surface area contributed by atoms with Gasteiger partial charge in [0.15, 0.2) is 6.61 Å². The number of hydrogen-bond acceptors (Lipinski definition) is 4. The van der Waals surface area contributed by atoms with Crippen molar-refractivity contribution in [3.63, 3.8) is 0 Å². The molecule has 0 bridgehead atoms. The van der Waals surface area contributed by atoms with E-state index in [4.69, 9.17) is 4.74 Å². The van der Waals surface area contributed by atoms with Gasteiger partial charge in [-0.25, -0.2) is 13.1 Å². The molecular formula is C20H26N2O4S. The van der Waals surface area contributed by atoms with Crippen LogP contribution < -0.4 is 14.8 Å². The van der Waals surface area contributed by atoms with Gasteiger partial charge in [-0.1, -0.05) is 25.1 Å². The number of carbonyl (C=O) groups excluding carboxylic acids is 1. The van der Waals surface area contributed by atoms with Crippen LogP contribution in [0.25, 0.3) is 0 Å². The number of rotatable bonds is 8. The molecule has 0 aliphatic rings. The third kappa shape index (κ3) is 5.80. The van der Waals surface area contributed by atoms with Crippen LogP contribution in [0.15, 0.2) is 47.4 Å². The van der Waals surface area contributed by atoms with Gasteiger partial charge in [0.25, 0.3) is 5.91 Å². The monoisotopic (exact) mass is 390 g/mol. The van der Waals surface area contributed by atoms with Crippen LogP contribution in [0.1, 0.15) is 31.4 Å². The summed E-state index contributed by atoms with van der Waals surface area (Å²) in [5.41, 5.74) is 2.44. The molecule has 6 nitrogen and oxygen atoms in total. The summed E-state index contributed by atoms with van der Waals surface area (Å²) < 4.78 is 32.7. The molecule has 0 radical (unpaired) electrons. The highest BCUT2D eigenvalue weighted by Gasteiger charge is 2.16. The quantitative estimate of drug-likeness (QED) is 0.723. The molecule has 1 unspecified atom stereocenters. The number of benzene rings is 2. The van der Waals surface area contributed by atoms with Crippen molar-refractivity contribution in [2.24, 2.45) is 0 Å². The fourth-order valence-electron chi connectivity index (χ4n) is 2.50. The molecule has 146 valence electrons. The first-order chi connectivity index (χ1) is 12.7. The fraction of sp³-hybridized carbons (Fsp3) is 0.350.